The normalized spacial score (nSPS) is 10.3. The van der Waals surface area contributed by atoms with Crippen LogP contribution in [-0.4, -0.2) is 6.61 Å². The minimum Gasteiger partial charge on any atom is -0.501 e. The van der Waals surface area contributed by atoms with Crippen molar-refractivity contribution < 1.29 is 4.74 Å². The molecule has 0 atom stereocenters. The molecule has 0 rings (SSSR count). The molecule has 0 fully saturated rings. The van der Waals surface area contributed by atoms with E-state index in [-0.39, 0.29) is 0 Å². The maximum atomic E-state index is 4.95. The third kappa shape index (κ3) is 9.28. The quantitative estimate of drug-likeness (QED) is 0.310. The van der Waals surface area contributed by atoms with Gasteiger partial charge in [-0.2, -0.15) is 0 Å². The van der Waals surface area contributed by atoms with Crippen LogP contribution in [0.1, 0.15) is 32.6 Å². The molecule has 0 aromatic carbocycles. The van der Waals surface area contributed by atoms with Crippen molar-refractivity contribution in [1.82, 2.24) is 0 Å². The zero-order valence-electron chi connectivity index (χ0n) is 7.38. The minimum absolute atomic E-state index is 0.756. The third-order valence-electron chi connectivity index (χ3n) is 1.41. The summed E-state index contributed by atoms with van der Waals surface area (Å²) in [6.45, 7) is 6.42. The summed E-state index contributed by atoms with van der Waals surface area (Å²) in [5, 5.41) is 0. The predicted octanol–water partition coefficient (Wildman–Crippen LogP) is 3.28. The van der Waals surface area contributed by atoms with E-state index in [4.69, 9.17) is 4.74 Å². The fraction of sp³-hybridized carbons (Fsp3) is 0.600. The zero-order chi connectivity index (χ0) is 8.36. The summed E-state index contributed by atoms with van der Waals surface area (Å²) >= 11 is 0. The number of hydrogen-bond donors (Lipinski definition) is 0. The summed E-state index contributed by atoms with van der Waals surface area (Å²) in [5.41, 5.74) is 0. The van der Waals surface area contributed by atoms with Crippen molar-refractivity contribution >= 4 is 0 Å². The Hall–Kier alpha value is -0.720. The molecule has 1 nitrogen and oxygen atoms in total. The number of hydrogen-bond acceptors (Lipinski definition) is 1. The summed E-state index contributed by atoms with van der Waals surface area (Å²) in [7, 11) is 0. The van der Waals surface area contributed by atoms with Crippen molar-refractivity contribution in [3.8, 4) is 0 Å². The van der Waals surface area contributed by atoms with Crippen molar-refractivity contribution in [2.75, 3.05) is 6.61 Å². The lowest BCUT2D eigenvalue weighted by Crippen LogP contribution is -1.82. The van der Waals surface area contributed by atoms with Crippen molar-refractivity contribution in [3.63, 3.8) is 0 Å². The predicted molar refractivity (Wildman–Crippen MR) is 49.4 cm³/mol. The van der Waals surface area contributed by atoms with Gasteiger partial charge in [0.15, 0.2) is 0 Å². The first kappa shape index (κ1) is 10.3. The molecule has 0 amide bonds. The van der Waals surface area contributed by atoms with Gasteiger partial charge >= 0.3 is 0 Å². The van der Waals surface area contributed by atoms with Gasteiger partial charge in [0.1, 0.15) is 0 Å². The Morgan fingerprint density at radius 2 is 2.00 bits per heavy atom. The lowest BCUT2D eigenvalue weighted by atomic mass is 10.2. The first-order valence-electron chi connectivity index (χ1n) is 4.29. The molecule has 0 saturated heterocycles. The summed E-state index contributed by atoms with van der Waals surface area (Å²) in [4.78, 5) is 0. The maximum Gasteiger partial charge on any atom is 0.0907 e. The van der Waals surface area contributed by atoms with E-state index in [0.29, 0.717) is 0 Å². The highest BCUT2D eigenvalue weighted by molar-refractivity contribution is 4.81. The van der Waals surface area contributed by atoms with Gasteiger partial charge in [0.05, 0.1) is 12.9 Å². The average molecular weight is 154 g/mol. The molecule has 0 aromatic heterocycles. The van der Waals surface area contributed by atoms with Crippen molar-refractivity contribution in [2.45, 2.75) is 32.6 Å². The van der Waals surface area contributed by atoms with E-state index in [0.717, 1.165) is 13.0 Å². The molecule has 0 saturated carbocycles. The molecule has 0 aliphatic carbocycles. The van der Waals surface area contributed by atoms with E-state index >= 15 is 0 Å². The van der Waals surface area contributed by atoms with Crippen molar-refractivity contribution in [1.29, 1.82) is 0 Å². The highest BCUT2D eigenvalue weighted by Gasteiger charge is 1.79. The summed E-state index contributed by atoms with van der Waals surface area (Å²) in [5.74, 6) is 0. The molecule has 11 heavy (non-hydrogen) atoms. The largest absolute Gasteiger partial charge is 0.501 e. The Morgan fingerprint density at radius 1 is 1.27 bits per heavy atom. The smallest absolute Gasteiger partial charge is 0.0907 e. The molecule has 0 aliphatic heterocycles. The fourth-order valence-electron chi connectivity index (χ4n) is 0.777. The van der Waals surface area contributed by atoms with E-state index in [9.17, 15) is 0 Å². The van der Waals surface area contributed by atoms with Crippen LogP contribution >= 0.6 is 0 Å². The van der Waals surface area contributed by atoms with E-state index in [1.54, 1.807) is 0 Å². The summed E-state index contributed by atoms with van der Waals surface area (Å²) in [6, 6.07) is 0. The SMILES string of the molecule is C=COCC/C=C/CCCC. The second-order valence-corrected chi connectivity index (χ2v) is 2.44. The van der Waals surface area contributed by atoms with Gasteiger partial charge in [0.2, 0.25) is 0 Å². The van der Waals surface area contributed by atoms with Crippen molar-refractivity contribution in [2.24, 2.45) is 0 Å². The van der Waals surface area contributed by atoms with Crippen LogP contribution < -0.4 is 0 Å². The van der Waals surface area contributed by atoms with Gasteiger partial charge < -0.3 is 4.74 Å². The van der Waals surface area contributed by atoms with Gasteiger partial charge in [-0.05, 0) is 12.8 Å². The fourth-order valence-corrected chi connectivity index (χ4v) is 0.777. The molecular weight excluding hydrogens is 136 g/mol. The Labute approximate surface area is 69.8 Å². The van der Waals surface area contributed by atoms with Crippen LogP contribution in [0.25, 0.3) is 0 Å². The first-order valence-corrected chi connectivity index (χ1v) is 4.29. The molecule has 0 spiro atoms. The van der Waals surface area contributed by atoms with Crippen LogP contribution in [0.3, 0.4) is 0 Å². The molecule has 0 unspecified atom stereocenters. The second-order valence-electron chi connectivity index (χ2n) is 2.44. The molecule has 64 valence electrons. The van der Waals surface area contributed by atoms with Crippen LogP contribution in [-0.2, 0) is 4.74 Å². The number of ether oxygens (including phenoxy) is 1. The number of allylic oxidation sites excluding steroid dienone is 1. The molecule has 0 N–H and O–H groups in total. The van der Waals surface area contributed by atoms with Gasteiger partial charge in [-0.3, -0.25) is 0 Å². The Balaban J connectivity index is 2.97. The molecule has 1 heteroatoms. The van der Waals surface area contributed by atoms with Gasteiger partial charge in [0.25, 0.3) is 0 Å². The van der Waals surface area contributed by atoms with Crippen LogP contribution in [0.5, 0.6) is 0 Å². The molecule has 0 heterocycles. The highest BCUT2D eigenvalue weighted by atomic mass is 16.5. The average Bonchev–Trinajstić information content (AvgIpc) is 2.03. The van der Waals surface area contributed by atoms with E-state index in [1.165, 1.54) is 25.5 Å². The Kier molecular flexibility index (Phi) is 8.67. The second kappa shape index (κ2) is 9.28. The minimum atomic E-state index is 0.756. The Bertz CT molecular complexity index is 105. The maximum absolute atomic E-state index is 4.95. The van der Waals surface area contributed by atoms with Crippen LogP contribution in [0.2, 0.25) is 0 Å². The molecule has 0 aliphatic rings. The highest BCUT2D eigenvalue weighted by Crippen LogP contribution is 1.96. The topological polar surface area (TPSA) is 9.23 Å². The van der Waals surface area contributed by atoms with Crippen LogP contribution in [0.4, 0.5) is 0 Å². The zero-order valence-corrected chi connectivity index (χ0v) is 7.38. The molecule has 0 bridgehead atoms. The summed E-state index contributed by atoms with van der Waals surface area (Å²) < 4.78 is 4.95. The van der Waals surface area contributed by atoms with Gasteiger partial charge in [-0.1, -0.05) is 38.5 Å². The van der Waals surface area contributed by atoms with Crippen molar-refractivity contribution in [3.05, 3.63) is 25.0 Å². The number of unbranched alkanes of at least 4 members (excludes halogenated alkanes) is 2. The molecular formula is C10H18O. The third-order valence-corrected chi connectivity index (χ3v) is 1.41. The lowest BCUT2D eigenvalue weighted by molar-refractivity contribution is 0.257. The monoisotopic (exact) mass is 154 g/mol. The van der Waals surface area contributed by atoms with Gasteiger partial charge in [0, 0.05) is 0 Å². The van der Waals surface area contributed by atoms with Gasteiger partial charge in [-0.25, -0.2) is 0 Å². The van der Waals surface area contributed by atoms with Crippen LogP contribution in [0.15, 0.2) is 25.0 Å². The van der Waals surface area contributed by atoms with Crippen LogP contribution in [0, 0.1) is 0 Å². The van der Waals surface area contributed by atoms with E-state index in [1.807, 2.05) is 0 Å². The van der Waals surface area contributed by atoms with E-state index < -0.39 is 0 Å². The molecule has 0 aromatic rings. The van der Waals surface area contributed by atoms with Gasteiger partial charge in [-0.15, -0.1) is 0 Å². The Morgan fingerprint density at radius 3 is 2.64 bits per heavy atom. The summed E-state index contributed by atoms with van der Waals surface area (Å²) in [6.07, 6.45) is 10.6. The first-order chi connectivity index (χ1) is 5.41. The molecule has 0 radical (unpaired) electrons. The standard InChI is InChI=1S/C10H18O/c1-3-5-6-7-8-9-10-11-4-2/h4,7-8H,2-3,5-6,9-10H2,1H3/b8-7+. The lowest BCUT2D eigenvalue weighted by Gasteiger charge is -1.94. The van der Waals surface area contributed by atoms with E-state index in [2.05, 4.69) is 25.7 Å². The number of rotatable bonds is 7.